The molecule has 0 atom stereocenters. The van der Waals surface area contributed by atoms with Gasteiger partial charge < -0.3 is 24.4 Å². The molecule has 1 aliphatic rings. The SMILES string of the molecule is C=CC(=O)N(C)c1cc(-c2c(-c3ccc(N4CCN(C)CC4)cc3)[nH]c3ncc(-c4cnn(C)c4C)c(C)c23)ccc1OC. The smallest absolute Gasteiger partial charge is 0.250 e. The third-order valence-corrected chi connectivity index (χ3v) is 8.97. The van der Waals surface area contributed by atoms with E-state index in [2.05, 4.69) is 71.6 Å². The van der Waals surface area contributed by atoms with E-state index < -0.39 is 0 Å². The molecule has 6 rings (SSSR count). The minimum absolute atomic E-state index is 0.216. The minimum Gasteiger partial charge on any atom is -0.495 e. The summed E-state index contributed by atoms with van der Waals surface area (Å²) in [6, 6.07) is 14.7. The second-order valence-electron chi connectivity index (χ2n) is 11.5. The number of hydrogen-bond donors (Lipinski definition) is 1. The molecule has 9 heteroatoms. The maximum absolute atomic E-state index is 12.7. The number of rotatable bonds is 7. The maximum atomic E-state index is 12.7. The predicted octanol–water partition coefficient (Wildman–Crippen LogP) is 5.82. The van der Waals surface area contributed by atoms with Crippen molar-refractivity contribution in [3.8, 4) is 39.3 Å². The lowest BCUT2D eigenvalue weighted by Crippen LogP contribution is -2.44. The molecule has 1 fully saturated rings. The van der Waals surface area contributed by atoms with Crippen LogP contribution in [0.3, 0.4) is 0 Å². The zero-order chi connectivity index (χ0) is 31.1. The van der Waals surface area contributed by atoms with Gasteiger partial charge >= 0.3 is 0 Å². The first-order valence-electron chi connectivity index (χ1n) is 14.8. The summed E-state index contributed by atoms with van der Waals surface area (Å²) < 4.78 is 7.55. The number of pyridine rings is 1. The van der Waals surface area contributed by atoms with Crippen molar-refractivity contribution >= 4 is 28.3 Å². The van der Waals surface area contributed by atoms with Crippen molar-refractivity contribution in [3.63, 3.8) is 0 Å². The first-order chi connectivity index (χ1) is 21.2. The summed E-state index contributed by atoms with van der Waals surface area (Å²) in [5, 5.41) is 5.51. The lowest BCUT2D eigenvalue weighted by atomic mass is 9.93. The first kappa shape index (κ1) is 29.2. The second-order valence-corrected chi connectivity index (χ2v) is 11.5. The number of ether oxygens (including phenoxy) is 1. The van der Waals surface area contributed by atoms with Gasteiger partial charge in [0.25, 0.3) is 0 Å². The molecule has 2 aromatic carbocycles. The van der Waals surface area contributed by atoms with Crippen LogP contribution in [0.2, 0.25) is 0 Å². The molecular weight excluding hydrogens is 550 g/mol. The maximum Gasteiger partial charge on any atom is 0.250 e. The van der Waals surface area contributed by atoms with Gasteiger partial charge in [0.2, 0.25) is 5.91 Å². The van der Waals surface area contributed by atoms with Crippen LogP contribution in [0.25, 0.3) is 44.5 Å². The van der Waals surface area contributed by atoms with Crippen molar-refractivity contribution in [3.05, 3.63) is 78.8 Å². The van der Waals surface area contributed by atoms with Crippen LogP contribution in [0.15, 0.2) is 67.5 Å². The largest absolute Gasteiger partial charge is 0.495 e. The van der Waals surface area contributed by atoms with E-state index in [1.54, 1.807) is 19.1 Å². The third kappa shape index (κ3) is 5.03. The topological polar surface area (TPSA) is 82.5 Å². The van der Waals surface area contributed by atoms with Gasteiger partial charge in [-0.15, -0.1) is 0 Å². The van der Waals surface area contributed by atoms with Gasteiger partial charge in [0.15, 0.2) is 0 Å². The number of nitrogens with zero attached hydrogens (tertiary/aromatic N) is 6. The Morgan fingerprint density at radius 1 is 1.00 bits per heavy atom. The average molecular weight is 590 g/mol. The summed E-state index contributed by atoms with van der Waals surface area (Å²) in [6.07, 6.45) is 5.14. The Labute approximate surface area is 258 Å². The number of hydrogen-bond acceptors (Lipinski definition) is 6. The second kappa shape index (κ2) is 11.7. The van der Waals surface area contributed by atoms with E-state index in [9.17, 15) is 4.79 Å². The molecule has 1 aliphatic heterocycles. The zero-order valence-electron chi connectivity index (χ0n) is 26.3. The van der Waals surface area contributed by atoms with E-state index in [1.807, 2.05) is 42.3 Å². The molecule has 0 bridgehead atoms. The van der Waals surface area contributed by atoms with E-state index in [4.69, 9.17) is 9.72 Å². The molecule has 9 nitrogen and oxygen atoms in total. The molecule has 0 saturated carbocycles. The highest BCUT2D eigenvalue weighted by Gasteiger charge is 2.23. The van der Waals surface area contributed by atoms with E-state index in [-0.39, 0.29) is 5.91 Å². The van der Waals surface area contributed by atoms with Crippen LogP contribution in [0, 0.1) is 13.8 Å². The normalized spacial score (nSPS) is 13.8. The molecule has 0 unspecified atom stereocenters. The molecule has 1 amide bonds. The molecule has 0 spiro atoms. The number of piperazine rings is 1. The van der Waals surface area contributed by atoms with E-state index in [0.717, 1.165) is 82.0 Å². The molecule has 0 radical (unpaired) electrons. The number of nitrogens with one attached hydrogen (secondary N) is 1. The fourth-order valence-corrected chi connectivity index (χ4v) is 6.12. The van der Waals surface area contributed by atoms with E-state index >= 15 is 0 Å². The molecule has 0 aliphatic carbocycles. The highest BCUT2D eigenvalue weighted by molar-refractivity contribution is 6.08. The minimum atomic E-state index is -0.216. The van der Waals surface area contributed by atoms with E-state index in [1.165, 1.54) is 11.8 Å². The fraction of sp³-hybridized carbons (Fsp3) is 0.286. The molecule has 3 aromatic heterocycles. The van der Waals surface area contributed by atoms with Crippen molar-refractivity contribution in [2.75, 3.05) is 57.2 Å². The molecule has 4 heterocycles. The molecule has 1 N–H and O–H groups in total. The van der Waals surface area contributed by atoms with Crippen LogP contribution in [-0.2, 0) is 11.8 Å². The van der Waals surface area contributed by atoms with E-state index in [0.29, 0.717) is 11.4 Å². The lowest BCUT2D eigenvalue weighted by molar-refractivity contribution is -0.113. The number of benzene rings is 2. The van der Waals surface area contributed by atoms with Gasteiger partial charge in [-0.05, 0) is 67.9 Å². The van der Waals surface area contributed by atoms with Gasteiger partial charge in [0.05, 0.1) is 24.7 Å². The summed E-state index contributed by atoms with van der Waals surface area (Å²) in [5.74, 6) is 0.386. The van der Waals surface area contributed by atoms with Crippen LogP contribution >= 0.6 is 0 Å². The Balaban J connectivity index is 1.56. The van der Waals surface area contributed by atoms with Gasteiger partial charge in [-0.2, -0.15) is 5.10 Å². The number of carbonyl (C=O) groups is 1. The predicted molar refractivity (Wildman–Crippen MR) is 179 cm³/mol. The number of anilines is 2. The lowest BCUT2D eigenvalue weighted by Gasteiger charge is -2.34. The standard InChI is InChI=1S/C35H39N7O2/c1-8-31(43)40(5)29-19-25(11-14-30(29)44-7)33-32-22(2)27(28-21-37-41(6)23(28)3)20-36-35(32)38-34(33)24-9-12-26(13-10-24)42-17-15-39(4)16-18-42/h8-14,19-21H,1,15-18H2,2-7H3,(H,36,38). The molecule has 44 heavy (non-hydrogen) atoms. The Kier molecular flexibility index (Phi) is 7.73. The highest BCUT2D eigenvalue weighted by atomic mass is 16.5. The molecule has 226 valence electrons. The van der Waals surface area contributed by atoms with Crippen molar-refractivity contribution in [1.82, 2.24) is 24.6 Å². The van der Waals surface area contributed by atoms with Crippen LogP contribution < -0.4 is 14.5 Å². The number of H-pyrrole nitrogens is 1. The summed E-state index contributed by atoms with van der Waals surface area (Å²) in [4.78, 5) is 27.6. The Hall–Kier alpha value is -4.89. The number of amides is 1. The van der Waals surface area contributed by atoms with Gasteiger partial charge in [0.1, 0.15) is 11.4 Å². The van der Waals surface area contributed by atoms with Crippen LogP contribution in [0.5, 0.6) is 5.75 Å². The van der Waals surface area contributed by atoms with Crippen LogP contribution in [-0.4, -0.2) is 77.9 Å². The fourth-order valence-electron chi connectivity index (χ4n) is 6.12. The van der Waals surface area contributed by atoms with Gasteiger partial charge in [-0.3, -0.25) is 9.48 Å². The Morgan fingerprint density at radius 3 is 2.34 bits per heavy atom. The first-order valence-corrected chi connectivity index (χ1v) is 14.8. The summed E-state index contributed by atoms with van der Waals surface area (Å²) in [7, 11) is 7.46. The van der Waals surface area contributed by atoms with Gasteiger partial charge in [0, 0.05) is 79.9 Å². The summed E-state index contributed by atoms with van der Waals surface area (Å²) >= 11 is 0. The van der Waals surface area contributed by atoms with Crippen molar-refractivity contribution < 1.29 is 9.53 Å². The molecule has 5 aromatic rings. The van der Waals surface area contributed by atoms with Gasteiger partial charge in [-0.1, -0.05) is 24.8 Å². The van der Waals surface area contributed by atoms with Crippen molar-refractivity contribution in [1.29, 1.82) is 0 Å². The number of fused-ring (bicyclic) bond motifs is 1. The average Bonchev–Trinajstić information content (AvgIpc) is 3.60. The van der Waals surface area contributed by atoms with Crippen LogP contribution in [0.1, 0.15) is 11.3 Å². The Bertz CT molecular complexity index is 1860. The summed E-state index contributed by atoms with van der Waals surface area (Å²) in [5.41, 5.74) is 10.9. The van der Waals surface area contributed by atoms with Crippen molar-refractivity contribution in [2.24, 2.45) is 7.05 Å². The zero-order valence-corrected chi connectivity index (χ0v) is 26.3. The number of aryl methyl sites for hydroxylation is 2. The molecule has 1 saturated heterocycles. The number of aromatic amines is 1. The third-order valence-electron chi connectivity index (χ3n) is 8.97. The van der Waals surface area contributed by atoms with Gasteiger partial charge in [-0.25, -0.2) is 4.98 Å². The van der Waals surface area contributed by atoms with Crippen molar-refractivity contribution in [2.45, 2.75) is 13.8 Å². The number of likely N-dealkylation sites (N-methyl/N-ethyl adjacent to an activating group) is 2. The summed E-state index contributed by atoms with van der Waals surface area (Å²) in [6.45, 7) is 12.0. The number of aromatic nitrogens is 4. The number of carbonyl (C=O) groups excluding carboxylic acids is 1. The number of methoxy groups -OCH3 is 1. The Morgan fingerprint density at radius 2 is 1.70 bits per heavy atom. The molecular formula is C35H39N7O2. The quantitative estimate of drug-likeness (QED) is 0.241. The monoisotopic (exact) mass is 589 g/mol. The van der Waals surface area contributed by atoms with Crippen LogP contribution in [0.4, 0.5) is 11.4 Å². The highest BCUT2D eigenvalue weighted by Crippen LogP contribution is 2.44.